The Hall–Kier alpha value is -0.710. The van der Waals surface area contributed by atoms with Gasteiger partial charge in [-0.1, -0.05) is 13.3 Å². The van der Waals surface area contributed by atoms with Crippen LogP contribution in [0.3, 0.4) is 0 Å². The fourth-order valence-corrected chi connectivity index (χ4v) is 1.99. The molecule has 0 fully saturated rings. The van der Waals surface area contributed by atoms with Crippen LogP contribution in [-0.4, -0.2) is 36.4 Å². The number of hydrogen-bond donors (Lipinski definition) is 2. The highest BCUT2D eigenvalue weighted by Gasteiger charge is 2.30. The van der Waals surface area contributed by atoms with Crippen LogP contribution < -0.4 is 5.32 Å². The fraction of sp³-hybridized carbons (Fsp3) is 0.750. The number of rotatable bonds is 6. The lowest BCUT2D eigenvalue weighted by molar-refractivity contribution is -0.120. The highest BCUT2D eigenvalue weighted by atomic mass is 16.5. The summed E-state index contributed by atoms with van der Waals surface area (Å²) in [6, 6.07) is -0.313. The Morgan fingerprint density at radius 3 is 2.88 bits per heavy atom. The van der Waals surface area contributed by atoms with Gasteiger partial charge < -0.3 is 9.84 Å². The van der Waals surface area contributed by atoms with Crippen LogP contribution in [0.15, 0.2) is 12.2 Å². The molecule has 16 heavy (non-hydrogen) atoms. The molecule has 1 rings (SSSR count). The van der Waals surface area contributed by atoms with Gasteiger partial charge in [-0.3, -0.25) is 10.1 Å². The number of ketones is 1. The van der Waals surface area contributed by atoms with E-state index in [2.05, 4.69) is 5.32 Å². The normalized spacial score (nSPS) is 27.1. The number of ether oxygens (including phenoxy) is 1. The molecule has 4 nitrogen and oxygen atoms in total. The number of hydrogen-bond acceptors (Lipinski definition) is 4. The Kier molecular flexibility index (Phi) is 5.66. The van der Waals surface area contributed by atoms with E-state index < -0.39 is 0 Å². The predicted octanol–water partition coefficient (Wildman–Crippen LogP) is 0.855. The van der Waals surface area contributed by atoms with Gasteiger partial charge in [-0.15, -0.1) is 0 Å². The molecule has 0 spiro atoms. The quantitative estimate of drug-likeness (QED) is 0.706. The lowest BCUT2D eigenvalue weighted by atomic mass is 9.90. The molecule has 1 aliphatic heterocycles. The first-order valence-corrected chi connectivity index (χ1v) is 5.93. The number of nitrogens with one attached hydrogen (secondary N) is 1. The van der Waals surface area contributed by atoms with Crippen LogP contribution in [0.25, 0.3) is 0 Å². The van der Waals surface area contributed by atoms with Crippen molar-refractivity contribution in [2.24, 2.45) is 5.92 Å². The molecule has 0 aromatic carbocycles. The Bertz CT molecular complexity index is 253. The maximum atomic E-state index is 11.7. The van der Waals surface area contributed by atoms with Crippen molar-refractivity contribution in [2.75, 3.05) is 13.2 Å². The van der Waals surface area contributed by atoms with Crippen LogP contribution in [0.5, 0.6) is 0 Å². The molecule has 1 aliphatic rings. The zero-order chi connectivity index (χ0) is 12.0. The van der Waals surface area contributed by atoms with E-state index in [1.54, 1.807) is 12.2 Å². The van der Waals surface area contributed by atoms with Crippen molar-refractivity contribution in [2.45, 2.75) is 39.0 Å². The lowest BCUT2D eigenvalue weighted by Crippen LogP contribution is -2.51. The van der Waals surface area contributed by atoms with Crippen LogP contribution in [0.1, 0.15) is 26.7 Å². The summed E-state index contributed by atoms with van der Waals surface area (Å²) in [5.41, 5.74) is 0. The zero-order valence-corrected chi connectivity index (χ0v) is 9.98. The molecule has 0 radical (unpaired) electrons. The average Bonchev–Trinajstić information content (AvgIpc) is 2.29. The minimum Gasteiger partial charge on any atom is -0.396 e. The molecule has 0 aliphatic carbocycles. The number of carbonyl (C=O) groups excluding carboxylic acids is 1. The van der Waals surface area contributed by atoms with Gasteiger partial charge in [0.25, 0.3) is 0 Å². The Morgan fingerprint density at radius 1 is 1.56 bits per heavy atom. The first-order chi connectivity index (χ1) is 7.72. The molecule has 0 saturated carbocycles. The second kappa shape index (κ2) is 6.78. The van der Waals surface area contributed by atoms with Crippen molar-refractivity contribution in [3.63, 3.8) is 0 Å². The molecule has 92 valence electrons. The van der Waals surface area contributed by atoms with Crippen molar-refractivity contribution in [1.82, 2.24) is 5.32 Å². The number of carbonyl (C=O) groups is 1. The van der Waals surface area contributed by atoms with Gasteiger partial charge in [-0.25, -0.2) is 0 Å². The van der Waals surface area contributed by atoms with Crippen LogP contribution in [0.4, 0.5) is 0 Å². The van der Waals surface area contributed by atoms with Gasteiger partial charge in [-0.05, 0) is 25.5 Å². The average molecular weight is 227 g/mol. The molecule has 0 aromatic rings. The summed E-state index contributed by atoms with van der Waals surface area (Å²) >= 11 is 0. The maximum Gasteiger partial charge on any atom is 0.172 e. The van der Waals surface area contributed by atoms with Gasteiger partial charge in [0.1, 0.15) is 6.23 Å². The maximum absolute atomic E-state index is 11.7. The van der Waals surface area contributed by atoms with Crippen molar-refractivity contribution in [3.8, 4) is 0 Å². The highest BCUT2D eigenvalue weighted by molar-refractivity contribution is 5.95. The van der Waals surface area contributed by atoms with Crippen LogP contribution >= 0.6 is 0 Å². The summed E-state index contributed by atoms with van der Waals surface area (Å²) in [5.74, 6) is 0.00820. The minimum atomic E-state index is -0.313. The van der Waals surface area contributed by atoms with Crippen molar-refractivity contribution in [3.05, 3.63) is 12.2 Å². The molecule has 0 bridgehead atoms. The third kappa shape index (κ3) is 3.40. The van der Waals surface area contributed by atoms with Crippen molar-refractivity contribution < 1.29 is 14.6 Å². The van der Waals surface area contributed by atoms with Crippen LogP contribution in [0.2, 0.25) is 0 Å². The summed E-state index contributed by atoms with van der Waals surface area (Å²) in [6.07, 6.45) is 4.87. The summed E-state index contributed by atoms with van der Waals surface area (Å²) < 4.78 is 5.40. The number of aliphatic hydroxyl groups excluding tert-OH is 1. The second-order valence-electron chi connectivity index (χ2n) is 4.01. The smallest absolute Gasteiger partial charge is 0.172 e. The third-order valence-corrected chi connectivity index (χ3v) is 2.80. The van der Waals surface area contributed by atoms with Gasteiger partial charge in [-0.2, -0.15) is 0 Å². The van der Waals surface area contributed by atoms with Gasteiger partial charge in [0.2, 0.25) is 0 Å². The van der Waals surface area contributed by atoms with Gasteiger partial charge >= 0.3 is 0 Å². The monoisotopic (exact) mass is 227 g/mol. The van der Waals surface area contributed by atoms with Crippen molar-refractivity contribution >= 4 is 5.78 Å². The molecular formula is C12H21NO3. The van der Waals surface area contributed by atoms with E-state index in [-0.39, 0.29) is 30.6 Å². The SMILES string of the molecule is CCC[C@@H](CO)[C@H]1NC(OCC)C=CC1=O. The molecule has 2 N–H and O–H groups in total. The van der Waals surface area contributed by atoms with E-state index in [9.17, 15) is 9.90 Å². The lowest BCUT2D eigenvalue weighted by Gasteiger charge is -2.30. The van der Waals surface area contributed by atoms with Crippen LogP contribution in [-0.2, 0) is 9.53 Å². The summed E-state index contributed by atoms with van der Waals surface area (Å²) in [6.45, 7) is 4.59. The Labute approximate surface area is 96.7 Å². The first kappa shape index (κ1) is 13.4. The summed E-state index contributed by atoms with van der Waals surface area (Å²) in [7, 11) is 0. The molecule has 1 heterocycles. The molecular weight excluding hydrogens is 206 g/mol. The standard InChI is InChI=1S/C12H21NO3/c1-3-5-9(8-14)12-10(15)6-7-11(13-12)16-4-2/h6-7,9,11-14H,3-5,8H2,1-2H3/t9-,11?,12+/m0/s1. The van der Waals surface area contributed by atoms with E-state index in [4.69, 9.17) is 4.74 Å². The van der Waals surface area contributed by atoms with E-state index in [1.165, 1.54) is 0 Å². The predicted molar refractivity (Wildman–Crippen MR) is 62.0 cm³/mol. The van der Waals surface area contributed by atoms with E-state index >= 15 is 0 Å². The highest BCUT2D eigenvalue weighted by Crippen LogP contribution is 2.16. The minimum absolute atomic E-state index is 0.0228. The van der Waals surface area contributed by atoms with Crippen LogP contribution in [0, 0.1) is 5.92 Å². The largest absolute Gasteiger partial charge is 0.396 e. The van der Waals surface area contributed by atoms with Gasteiger partial charge in [0.15, 0.2) is 5.78 Å². The van der Waals surface area contributed by atoms with Crippen molar-refractivity contribution in [1.29, 1.82) is 0 Å². The first-order valence-electron chi connectivity index (χ1n) is 5.93. The van der Waals surface area contributed by atoms with E-state index in [0.717, 1.165) is 12.8 Å². The Morgan fingerprint density at radius 2 is 2.31 bits per heavy atom. The van der Waals surface area contributed by atoms with Gasteiger partial charge in [0.05, 0.1) is 6.04 Å². The molecule has 4 heteroatoms. The van der Waals surface area contributed by atoms with Gasteiger partial charge in [0, 0.05) is 19.1 Å². The second-order valence-corrected chi connectivity index (χ2v) is 4.01. The summed E-state index contributed by atoms with van der Waals surface area (Å²) in [4.78, 5) is 11.7. The fourth-order valence-electron chi connectivity index (χ4n) is 1.99. The molecule has 0 saturated heterocycles. The molecule has 1 unspecified atom stereocenters. The third-order valence-electron chi connectivity index (χ3n) is 2.80. The topological polar surface area (TPSA) is 58.6 Å². The summed E-state index contributed by atoms with van der Waals surface area (Å²) in [5, 5.41) is 12.4. The number of aliphatic hydroxyl groups is 1. The zero-order valence-electron chi connectivity index (χ0n) is 9.98. The molecule has 0 aromatic heterocycles. The molecule has 0 amide bonds. The molecule has 3 atom stereocenters. The Balaban J connectivity index is 2.64. The van der Waals surface area contributed by atoms with E-state index in [1.807, 2.05) is 13.8 Å². The van der Waals surface area contributed by atoms with E-state index in [0.29, 0.717) is 6.61 Å².